The summed E-state index contributed by atoms with van der Waals surface area (Å²) in [7, 11) is 0. The van der Waals surface area contributed by atoms with Crippen LogP contribution in [-0.2, 0) is 11.2 Å². The summed E-state index contributed by atoms with van der Waals surface area (Å²) in [6.45, 7) is 1.74. The maximum absolute atomic E-state index is 13.3. The van der Waals surface area contributed by atoms with Crippen LogP contribution in [0.5, 0.6) is 0 Å². The molecule has 23 heavy (non-hydrogen) atoms. The van der Waals surface area contributed by atoms with E-state index in [1.54, 1.807) is 12.1 Å². The van der Waals surface area contributed by atoms with Crippen LogP contribution in [0.4, 0.5) is 4.39 Å². The summed E-state index contributed by atoms with van der Waals surface area (Å²) < 4.78 is 13.3. The van der Waals surface area contributed by atoms with Gasteiger partial charge in [0, 0.05) is 25.0 Å². The van der Waals surface area contributed by atoms with Crippen LogP contribution in [0.3, 0.4) is 0 Å². The van der Waals surface area contributed by atoms with Crippen molar-refractivity contribution in [2.45, 2.75) is 63.5 Å². The van der Waals surface area contributed by atoms with Gasteiger partial charge in [-0.05, 0) is 56.3 Å². The Morgan fingerprint density at radius 3 is 2.74 bits per heavy atom. The lowest BCUT2D eigenvalue weighted by atomic mass is 10.1. The lowest BCUT2D eigenvalue weighted by Gasteiger charge is -2.30. The molecule has 2 fully saturated rings. The maximum Gasteiger partial charge on any atom is 0.224 e. The van der Waals surface area contributed by atoms with Crippen LogP contribution in [0.25, 0.3) is 0 Å². The van der Waals surface area contributed by atoms with Gasteiger partial charge in [-0.15, -0.1) is 0 Å². The number of hydrogen-bond donors (Lipinski definition) is 1. The summed E-state index contributed by atoms with van der Waals surface area (Å²) in [6, 6.07) is 7.47. The smallest absolute Gasteiger partial charge is 0.224 e. The fourth-order valence-electron chi connectivity index (χ4n) is 3.93. The van der Waals surface area contributed by atoms with Crippen molar-refractivity contribution >= 4 is 5.91 Å². The number of hydrogen-bond acceptors (Lipinski definition) is 2. The molecule has 2 aliphatic rings. The number of nitrogens with zero attached hydrogens (tertiary/aromatic N) is 1. The minimum absolute atomic E-state index is 0.198. The number of nitrogens with one attached hydrogen (secondary N) is 1. The predicted octanol–water partition coefficient (Wildman–Crippen LogP) is 3.28. The molecule has 1 unspecified atom stereocenters. The van der Waals surface area contributed by atoms with E-state index in [0.29, 0.717) is 25.0 Å². The van der Waals surface area contributed by atoms with Crippen LogP contribution in [-0.4, -0.2) is 36.0 Å². The van der Waals surface area contributed by atoms with E-state index in [0.717, 1.165) is 37.8 Å². The van der Waals surface area contributed by atoms with Crippen molar-refractivity contribution in [2.24, 2.45) is 0 Å². The number of halogens is 1. The molecule has 1 N–H and O–H groups in total. The van der Waals surface area contributed by atoms with Crippen LogP contribution in [0.2, 0.25) is 0 Å². The summed E-state index contributed by atoms with van der Waals surface area (Å²) in [5.74, 6) is 0.0732. The first-order chi connectivity index (χ1) is 11.2. The highest BCUT2D eigenvalue weighted by atomic mass is 19.1. The molecule has 1 aliphatic carbocycles. The molecule has 1 aliphatic heterocycles. The monoisotopic (exact) mass is 318 g/mol. The van der Waals surface area contributed by atoms with Gasteiger partial charge in [0.1, 0.15) is 5.82 Å². The van der Waals surface area contributed by atoms with Gasteiger partial charge in [-0.25, -0.2) is 4.39 Å². The summed E-state index contributed by atoms with van der Waals surface area (Å²) in [5, 5.41) is 3.42. The highest BCUT2D eigenvalue weighted by molar-refractivity contribution is 5.77. The molecule has 3 rings (SSSR count). The first kappa shape index (κ1) is 16.4. The summed E-state index contributed by atoms with van der Waals surface area (Å²) >= 11 is 0. The summed E-state index contributed by atoms with van der Waals surface area (Å²) in [4.78, 5) is 14.9. The average Bonchev–Trinajstić information content (AvgIpc) is 3.21. The van der Waals surface area contributed by atoms with Gasteiger partial charge in [0.05, 0.1) is 0 Å². The minimum atomic E-state index is -0.198. The van der Waals surface area contributed by atoms with E-state index in [4.69, 9.17) is 0 Å². The third kappa shape index (κ3) is 4.54. The Morgan fingerprint density at radius 2 is 2.04 bits per heavy atom. The number of carbonyl (C=O) groups excluding carboxylic acids is 1. The van der Waals surface area contributed by atoms with Crippen molar-refractivity contribution in [1.29, 1.82) is 0 Å². The Bertz CT molecular complexity index is 522. The van der Waals surface area contributed by atoms with E-state index in [1.807, 2.05) is 6.07 Å². The minimum Gasteiger partial charge on any atom is -0.339 e. The van der Waals surface area contributed by atoms with Gasteiger partial charge in [-0.1, -0.05) is 25.0 Å². The van der Waals surface area contributed by atoms with Crippen molar-refractivity contribution in [3.63, 3.8) is 0 Å². The van der Waals surface area contributed by atoms with E-state index in [1.165, 1.54) is 25.3 Å². The molecule has 1 amide bonds. The first-order valence-electron chi connectivity index (χ1n) is 8.99. The molecule has 1 aromatic carbocycles. The van der Waals surface area contributed by atoms with Crippen molar-refractivity contribution in [1.82, 2.24) is 10.2 Å². The Hall–Kier alpha value is -1.42. The molecule has 1 aromatic rings. The van der Waals surface area contributed by atoms with E-state index >= 15 is 0 Å². The van der Waals surface area contributed by atoms with E-state index in [2.05, 4.69) is 10.2 Å². The number of carbonyl (C=O) groups is 1. The Labute approximate surface area is 138 Å². The highest BCUT2D eigenvalue weighted by Gasteiger charge is 2.28. The van der Waals surface area contributed by atoms with Gasteiger partial charge in [-0.2, -0.15) is 0 Å². The van der Waals surface area contributed by atoms with Crippen LogP contribution < -0.4 is 5.32 Å². The average molecular weight is 318 g/mol. The Morgan fingerprint density at radius 1 is 1.22 bits per heavy atom. The molecule has 0 bridgehead atoms. The number of benzene rings is 1. The molecule has 1 saturated carbocycles. The Kier molecular flexibility index (Phi) is 5.65. The highest BCUT2D eigenvalue weighted by Crippen LogP contribution is 2.25. The molecule has 0 aromatic heterocycles. The summed E-state index contributed by atoms with van der Waals surface area (Å²) in [5.41, 5.74) is 0.972. The van der Waals surface area contributed by atoms with Crippen LogP contribution >= 0.6 is 0 Å². The number of amides is 1. The fraction of sp³-hybridized carbons (Fsp3) is 0.632. The van der Waals surface area contributed by atoms with E-state index < -0.39 is 0 Å². The van der Waals surface area contributed by atoms with Crippen LogP contribution in [0.1, 0.15) is 50.5 Å². The van der Waals surface area contributed by atoms with Gasteiger partial charge in [0.25, 0.3) is 0 Å². The van der Waals surface area contributed by atoms with Crippen molar-refractivity contribution in [3.8, 4) is 0 Å². The molecule has 1 atom stereocenters. The molecular formula is C19H27FN2O. The predicted molar refractivity (Wildman–Crippen MR) is 89.7 cm³/mol. The molecular weight excluding hydrogens is 291 g/mol. The SMILES string of the molecule is O=C(CC1CCCN1)N(CCc1cccc(F)c1)C1CCCC1. The quantitative estimate of drug-likeness (QED) is 0.873. The van der Waals surface area contributed by atoms with Gasteiger partial charge in [-0.3, -0.25) is 4.79 Å². The Balaban J connectivity index is 1.61. The standard InChI is InChI=1S/C19H27FN2O/c20-16-6-3-5-15(13-16)10-12-22(18-8-1-2-9-18)19(23)14-17-7-4-11-21-17/h3,5-6,13,17-18,21H,1-2,4,7-12,14H2. The second-order valence-electron chi connectivity index (χ2n) is 6.90. The first-order valence-corrected chi connectivity index (χ1v) is 8.99. The molecule has 1 heterocycles. The molecule has 126 valence electrons. The third-order valence-corrected chi connectivity index (χ3v) is 5.20. The zero-order valence-corrected chi connectivity index (χ0v) is 13.8. The third-order valence-electron chi connectivity index (χ3n) is 5.20. The lowest BCUT2D eigenvalue weighted by molar-refractivity contribution is -0.133. The molecule has 0 radical (unpaired) electrons. The second kappa shape index (κ2) is 7.91. The van der Waals surface area contributed by atoms with Crippen LogP contribution in [0, 0.1) is 5.82 Å². The largest absolute Gasteiger partial charge is 0.339 e. The van der Waals surface area contributed by atoms with Gasteiger partial charge in [0.15, 0.2) is 0 Å². The normalized spacial score (nSPS) is 21.7. The molecule has 3 nitrogen and oxygen atoms in total. The van der Waals surface area contributed by atoms with Gasteiger partial charge in [0.2, 0.25) is 5.91 Å². The van der Waals surface area contributed by atoms with Gasteiger partial charge >= 0.3 is 0 Å². The molecule has 4 heteroatoms. The number of rotatable bonds is 6. The second-order valence-corrected chi connectivity index (χ2v) is 6.90. The topological polar surface area (TPSA) is 32.3 Å². The lowest BCUT2D eigenvalue weighted by Crippen LogP contribution is -2.42. The van der Waals surface area contributed by atoms with Gasteiger partial charge < -0.3 is 10.2 Å². The van der Waals surface area contributed by atoms with Crippen molar-refractivity contribution in [2.75, 3.05) is 13.1 Å². The van der Waals surface area contributed by atoms with Crippen molar-refractivity contribution < 1.29 is 9.18 Å². The maximum atomic E-state index is 13.3. The zero-order valence-electron chi connectivity index (χ0n) is 13.8. The molecule has 1 saturated heterocycles. The van der Waals surface area contributed by atoms with Crippen molar-refractivity contribution in [3.05, 3.63) is 35.6 Å². The fourth-order valence-corrected chi connectivity index (χ4v) is 3.93. The van der Waals surface area contributed by atoms with E-state index in [-0.39, 0.29) is 11.7 Å². The zero-order chi connectivity index (χ0) is 16.1. The summed E-state index contributed by atoms with van der Waals surface area (Å²) in [6.07, 6.45) is 8.29. The molecule has 0 spiro atoms. The van der Waals surface area contributed by atoms with E-state index in [9.17, 15) is 9.18 Å². The van der Waals surface area contributed by atoms with Crippen LogP contribution in [0.15, 0.2) is 24.3 Å².